The van der Waals surface area contributed by atoms with Gasteiger partial charge in [-0.1, -0.05) is 12.2 Å². The predicted molar refractivity (Wildman–Crippen MR) is 71.6 cm³/mol. The standard InChI is InChI=1S/C11H12OS3.Zn/c1-14(12)9-4-5-10(13)11(8-9)15-6-2-3-7-15;/h2-8,13,15H,1H3;. The van der Waals surface area contributed by atoms with E-state index in [1.54, 1.807) is 6.26 Å². The molecule has 0 aromatic heterocycles. The third-order valence-electron chi connectivity index (χ3n) is 2.16. The molecule has 1 heterocycles. The van der Waals surface area contributed by atoms with Crippen LogP contribution in [0.25, 0.3) is 0 Å². The summed E-state index contributed by atoms with van der Waals surface area (Å²) >= 11 is 3.52. The van der Waals surface area contributed by atoms with E-state index in [9.17, 15) is 4.55 Å². The Morgan fingerprint density at radius 2 is 1.88 bits per heavy atom. The van der Waals surface area contributed by atoms with Crippen molar-refractivity contribution in [3.05, 3.63) is 41.2 Å². The van der Waals surface area contributed by atoms with E-state index in [4.69, 9.17) is 0 Å². The Bertz CT molecular complexity index is 417. The molecule has 1 atom stereocenters. The van der Waals surface area contributed by atoms with Crippen LogP contribution in [0.3, 0.4) is 0 Å². The molecule has 0 radical (unpaired) electrons. The second-order valence-corrected chi connectivity index (χ2v) is 6.95. The number of hydrogen-bond acceptors (Lipinski definition) is 2. The molecule has 5 heteroatoms. The first kappa shape index (κ1) is 14.4. The SMILES string of the molecule is C[S+]([O-])c1ccc(S)c([SH]2C=CC=C2)c1.[Zn]. The van der Waals surface area contributed by atoms with Gasteiger partial charge in [0, 0.05) is 35.3 Å². The predicted octanol–water partition coefficient (Wildman–Crippen LogP) is 3.11. The van der Waals surface area contributed by atoms with E-state index in [1.165, 1.54) is 4.90 Å². The first-order chi connectivity index (χ1) is 7.18. The average molecular weight is 322 g/mol. The third kappa shape index (κ3) is 3.17. The molecule has 0 bridgehead atoms. The van der Waals surface area contributed by atoms with E-state index in [0.29, 0.717) is 0 Å². The first-order valence-corrected chi connectivity index (χ1v) is 7.97. The summed E-state index contributed by atoms with van der Waals surface area (Å²) in [7, 11) is -0.374. The van der Waals surface area contributed by atoms with Crippen molar-refractivity contribution >= 4 is 34.7 Å². The van der Waals surface area contributed by atoms with Crippen molar-refractivity contribution < 1.29 is 24.0 Å². The van der Waals surface area contributed by atoms with Crippen LogP contribution in [0.15, 0.2) is 55.9 Å². The Morgan fingerprint density at radius 1 is 1.25 bits per heavy atom. The van der Waals surface area contributed by atoms with E-state index >= 15 is 0 Å². The molecule has 1 aromatic rings. The van der Waals surface area contributed by atoms with Crippen LogP contribution in [-0.4, -0.2) is 10.8 Å². The Kier molecular flexibility index (Phi) is 5.68. The summed E-state index contributed by atoms with van der Waals surface area (Å²) in [5.41, 5.74) is 0. The van der Waals surface area contributed by atoms with Crippen molar-refractivity contribution in [3.63, 3.8) is 0 Å². The molecular weight excluding hydrogens is 310 g/mol. The van der Waals surface area contributed by atoms with Gasteiger partial charge in [-0.3, -0.25) is 0 Å². The van der Waals surface area contributed by atoms with Crippen molar-refractivity contribution in [2.75, 3.05) is 6.26 Å². The van der Waals surface area contributed by atoms with Gasteiger partial charge in [0.1, 0.15) is 6.26 Å². The summed E-state index contributed by atoms with van der Waals surface area (Å²) in [5, 5.41) is 4.35. The van der Waals surface area contributed by atoms with Gasteiger partial charge in [0.25, 0.3) is 0 Å². The number of allylic oxidation sites excluding steroid dienone is 2. The van der Waals surface area contributed by atoms with E-state index in [2.05, 4.69) is 35.6 Å². The molecule has 0 amide bonds. The molecule has 0 saturated carbocycles. The van der Waals surface area contributed by atoms with Gasteiger partial charge in [-0.15, -0.1) is 12.6 Å². The summed E-state index contributed by atoms with van der Waals surface area (Å²) in [5.74, 6) is 0. The van der Waals surface area contributed by atoms with E-state index in [0.717, 1.165) is 9.79 Å². The molecule has 0 spiro atoms. The molecule has 0 fully saturated rings. The summed E-state index contributed by atoms with van der Waals surface area (Å²) in [6.07, 6.45) is 5.80. The molecular formula is C11H12OS3Zn. The third-order valence-corrected chi connectivity index (χ3v) is 5.56. The zero-order valence-corrected chi connectivity index (χ0v) is 14.5. The van der Waals surface area contributed by atoms with Crippen molar-refractivity contribution in [1.29, 1.82) is 0 Å². The van der Waals surface area contributed by atoms with Gasteiger partial charge in [0.2, 0.25) is 0 Å². The Balaban J connectivity index is 0.00000128. The molecule has 1 aliphatic heterocycles. The molecule has 2 rings (SSSR count). The second kappa shape index (κ2) is 6.32. The number of benzene rings is 1. The number of thiol groups is 2. The van der Waals surface area contributed by atoms with Crippen LogP contribution in [0, 0.1) is 0 Å². The van der Waals surface area contributed by atoms with Gasteiger partial charge in [-0.05, 0) is 34.1 Å². The van der Waals surface area contributed by atoms with Crippen molar-refractivity contribution in [1.82, 2.24) is 0 Å². The first-order valence-electron chi connectivity index (χ1n) is 4.48. The zero-order chi connectivity index (χ0) is 10.8. The largest absolute Gasteiger partial charge is 0.612 e. The molecule has 1 nitrogen and oxygen atoms in total. The molecule has 1 aliphatic rings. The summed E-state index contributed by atoms with van der Waals surface area (Å²) in [4.78, 5) is 3.04. The van der Waals surface area contributed by atoms with Gasteiger partial charge in [0.05, 0.1) is 0 Å². The van der Waals surface area contributed by atoms with Crippen LogP contribution < -0.4 is 0 Å². The zero-order valence-electron chi connectivity index (χ0n) is 8.96. The molecule has 0 aliphatic carbocycles. The number of rotatable bonds is 2. The molecule has 16 heavy (non-hydrogen) atoms. The van der Waals surface area contributed by atoms with Crippen LogP contribution in [-0.2, 0) is 30.7 Å². The Hall–Kier alpha value is 0.333. The fraction of sp³-hybridized carbons (Fsp3) is 0.0909. The molecule has 1 aromatic carbocycles. The quantitative estimate of drug-likeness (QED) is 0.488. The fourth-order valence-corrected chi connectivity index (χ4v) is 4.12. The molecule has 82 valence electrons. The fourth-order valence-electron chi connectivity index (χ4n) is 1.38. The maximum absolute atomic E-state index is 11.4. The minimum absolute atomic E-state index is 0. The maximum atomic E-state index is 11.4. The maximum Gasteiger partial charge on any atom is 0.153 e. The number of hydrogen-bond donors (Lipinski definition) is 2. The van der Waals surface area contributed by atoms with Crippen molar-refractivity contribution in [3.8, 4) is 0 Å². The van der Waals surface area contributed by atoms with Crippen molar-refractivity contribution in [2.45, 2.75) is 14.7 Å². The van der Waals surface area contributed by atoms with Crippen molar-refractivity contribution in [2.24, 2.45) is 0 Å². The summed E-state index contributed by atoms with van der Waals surface area (Å²) < 4.78 is 11.4. The van der Waals surface area contributed by atoms with E-state index < -0.39 is 11.2 Å². The molecule has 0 N–H and O–H groups in total. The van der Waals surface area contributed by atoms with Crippen LogP contribution in [0.5, 0.6) is 0 Å². The Labute approximate surface area is 120 Å². The monoisotopic (exact) mass is 320 g/mol. The van der Waals surface area contributed by atoms with E-state index in [1.807, 2.05) is 18.2 Å². The van der Waals surface area contributed by atoms with Gasteiger partial charge >= 0.3 is 0 Å². The normalized spacial score (nSPS) is 17.3. The second-order valence-electron chi connectivity index (χ2n) is 3.19. The van der Waals surface area contributed by atoms with Crippen LogP contribution in [0.2, 0.25) is 0 Å². The van der Waals surface area contributed by atoms with Crippen LogP contribution in [0.4, 0.5) is 0 Å². The minimum Gasteiger partial charge on any atom is -0.612 e. The van der Waals surface area contributed by atoms with Crippen LogP contribution in [0.1, 0.15) is 0 Å². The van der Waals surface area contributed by atoms with Gasteiger partial charge in [-0.2, -0.15) is 10.9 Å². The van der Waals surface area contributed by atoms with Gasteiger partial charge in [-0.25, -0.2) is 0 Å². The molecule has 0 saturated heterocycles. The average Bonchev–Trinajstić information content (AvgIpc) is 2.71. The summed E-state index contributed by atoms with van der Waals surface area (Å²) in [6, 6.07) is 5.81. The van der Waals surface area contributed by atoms with Gasteiger partial charge in [0.15, 0.2) is 4.90 Å². The van der Waals surface area contributed by atoms with Crippen LogP contribution >= 0.6 is 23.5 Å². The Morgan fingerprint density at radius 3 is 2.44 bits per heavy atom. The minimum atomic E-state index is -0.919. The molecule has 1 unspecified atom stereocenters. The summed E-state index contributed by atoms with van der Waals surface area (Å²) in [6.45, 7) is 0. The van der Waals surface area contributed by atoms with Gasteiger partial charge < -0.3 is 4.55 Å². The smallest absolute Gasteiger partial charge is 0.153 e. The topological polar surface area (TPSA) is 23.1 Å². The van der Waals surface area contributed by atoms with E-state index in [-0.39, 0.29) is 30.4 Å².